The molecule has 0 aliphatic rings. The van der Waals surface area contributed by atoms with Gasteiger partial charge in [-0.25, -0.2) is 5.43 Å². The van der Waals surface area contributed by atoms with Crippen LogP contribution in [0.3, 0.4) is 0 Å². The smallest absolute Gasteiger partial charge is 0.227 e. The van der Waals surface area contributed by atoms with Crippen LogP contribution in [0.25, 0.3) is 11.0 Å². The van der Waals surface area contributed by atoms with Crippen molar-refractivity contribution in [2.45, 2.75) is 0 Å². The van der Waals surface area contributed by atoms with Crippen molar-refractivity contribution >= 4 is 23.6 Å². The van der Waals surface area contributed by atoms with Gasteiger partial charge in [0.1, 0.15) is 11.8 Å². The second kappa shape index (κ2) is 4.39. The van der Waals surface area contributed by atoms with E-state index in [4.69, 9.17) is 4.42 Å². The Morgan fingerprint density at radius 3 is 2.94 bits per heavy atom. The topological polar surface area (TPSA) is 71.7 Å². The summed E-state index contributed by atoms with van der Waals surface area (Å²) >= 11 is 0. The van der Waals surface area contributed by atoms with Gasteiger partial charge >= 0.3 is 0 Å². The van der Waals surface area contributed by atoms with Gasteiger partial charge in [0, 0.05) is 0 Å². The highest BCUT2D eigenvalue weighted by Gasteiger charge is 2.03. The zero-order chi connectivity index (χ0) is 11.4. The first kappa shape index (κ1) is 10.1. The van der Waals surface area contributed by atoms with E-state index in [1.54, 1.807) is 24.3 Å². The minimum absolute atomic E-state index is 0.182. The van der Waals surface area contributed by atoms with Gasteiger partial charge in [0.05, 0.1) is 17.2 Å². The Kier molecular flexibility index (Phi) is 2.77. The number of carbonyl (C=O) groups excluding carboxylic acids is 1. The number of nitrogens with zero attached hydrogens (tertiary/aromatic N) is 1. The quantitative estimate of drug-likeness (QED) is 0.470. The first-order valence-corrected chi connectivity index (χ1v) is 4.55. The molecule has 5 nitrogen and oxygen atoms in total. The fourth-order valence-corrected chi connectivity index (χ4v) is 1.32. The van der Waals surface area contributed by atoms with E-state index in [1.165, 1.54) is 12.5 Å². The van der Waals surface area contributed by atoms with Gasteiger partial charge in [0.25, 0.3) is 0 Å². The maximum absolute atomic E-state index is 11.9. The Bertz CT molecular complexity index is 601. The Morgan fingerprint density at radius 1 is 1.31 bits per heavy atom. The molecule has 0 aliphatic carbocycles. The molecule has 0 saturated carbocycles. The molecule has 0 aliphatic heterocycles. The highest BCUT2D eigenvalue weighted by Crippen LogP contribution is 2.09. The van der Waals surface area contributed by atoms with Crippen molar-refractivity contribution in [3.05, 3.63) is 46.3 Å². The number of rotatable bonds is 3. The Hall–Kier alpha value is -2.43. The van der Waals surface area contributed by atoms with Crippen LogP contribution < -0.4 is 10.9 Å². The first-order valence-electron chi connectivity index (χ1n) is 4.55. The highest BCUT2D eigenvalue weighted by atomic mass is 16.3. The molecule has 1 N–H and O–H groups in total. The molecule has 1 aromatic heterocycles. The average Bonchev–Trinajstić information content (AvgIpc) is 2.33. The highest BCUT2D eigenvalue weighted by molar-refractivity contribution is 5.86. The molecule has 0 atom stereocenters. The van der Waals surface area contributed by atoms with Crippen LogP contribution in [0.4, 0.5) is 0 Å². The van der Waals surface area contributed by atoms with E-state index in [2.05, 4.69) is 10.5 Å². The van der Waals surface area contributed by atoms with Crippen molar-refractivity contribution in [1.29, 1.82) is 0 Å². The molecule has 0 bridgehead atoms. The number of hydrazone groups is 1. The Labute approximate surface area is 90.4 Å². The van der Waals surface area contributed by atoms with Gasteiger partial charge in [-0.3, -0.25) is 9.59 Å². The van der Waals surface area contributed by atoms with Crippen LogP contribution in [-0.4, -0.2) is 12.6 Å². The predicted octanol–water partition coefficient (Wildman–Crippen LogP) is 0.873. The van der Waals surface area contributed by atoms with E-state index in [1.807, 2.05) is 0 Å². The van der Waals surface area contributed by atoms with Crippen molar-refractivity contribution in [3.8, 4) is 0 Å². The number of para-hydroxylation sites is 1. The van der Waals surface area contributed by atoms with E-state index in [0.29, 0.717) is 17.4 Å². The summed E-state index contributed by atoms with van der Waals surface area (Å²) in [5.41, 5.74) is 2.70. The van der Waals surface area contributed by atoms with Gasteiger partial charge in [0.2, 0.25) is 11.8 Å². The molecule has 0 radical (unpaired) electrons. The van der Waals surface area contributed by atoms with Crippen LogP contribution in [0.5, 0.6) is 0 Å². The fraction of sp³-hybridized carbons (Fsp3) is 0. The molecular formula is C11H8N2O3. The lowest BCUT2D eigenvalue weighted by atomic mass is 10.2. The van der Waals surface area contributed by atoms with E-state index < -0.39 is 0 Å². The number of fused-ring (bicyclic) bond motifs is 1. The van der Waals surface area contributed by atoms with E-state index in [0.717, 1.165) is 0 Å². The van der Waals surface area contributed by atoms with Gasteiger partial charge in [-0.2, -0.15) is 5.10 Å². The van der Waals surface area contributed by atoms with E-state index in [9.17, 15) is 9.59 Å². The van der Waals surface area contributed by atoms with E-state index >= 15 is 0 Å². The SMILES string of the molecule is O=CN/N=C\c1coc2ccccc2c1=O. The molecule has 80 valence electrons. The third kappa shape index (κ3) is 1.83. The summed E-state index contributed by atoms with van der Waals surface area (Å²) in [4.78, 5) is 21.8. The fourth-order valence-electron chi connectivity index (χ4n) is 1.32. The zero-order valence-corrected chi connectivity index (χ0v) is 8.21. The summed E-state index contributed by atoms with van der Waals surface area (Å²) < 4.78 is 5.25. The lowest BCUT2D eigenvalue weighted by molar-refractivity contribution is -0.109. The third-order valence-electron chi connectivity index (χ3n) is 2.04. The molecule has 1 aromatic carbocycles. The lowest BCUT2D eigenvalue weighted by Gasteiger charge is -1.96. The van der Waals surface area contributed by atoms with Crippen molar-refractivity contribution < 1.29 is 9.21 Å². The normalized spacial score (nSPS) is 10.8. The maximum atomic E-state index is 11.9. The molecule has 1 amide bonds. The van der Waals surface area contributed by atoms with Crippen LogP contribution in [0.15, 0.2) is 44.8 Å². The molecule has 0 spiro atoms. The number of hydrogen-bond acceptors (Lipinski definition) is 4. The van der Waals surface area contributed by atoms with Crippen LogP contribution >= 0.6 is 0 Å². The summed E-state index contributed by atoms with van der Waals surface area (Å²) in [5.74, 6) is 0. The van der Waals surface area contributed by atoms with Crippen molar-refractivity contribution in [3.63, 3.8) is 0 Å². The first-order chi connectivity index (χ1) is 7.83. The summed E-state index contributed by atoms with van der Waals surface area (Å²) in [6.45, 7) is 0. The second-order valence-corrected chi connectivity index (χ2v) is 3.02. The largest absolute Gasteiger partial charge is 0.463 e. The molecular weight excluding hydrogens is 208 g/mol. The summed E-state index contributed by atoms with van der Waals surface area (Å²) in [5, 5.41) is 4.01. The second-order valence-electron chi connectivity index (χ2n) is 3.02. The van der Waals surface area contributed by atoms with Gasteiger partial charge in [-0.1, -0.05) is 12.1 Å². The van der Waals surface area contributed by atoms with Gasteiger partial charge in [-0.05, 0) is 12.1 Å². The monoisotopic (exact) mass is 216 g/mol. The molecule has 2 aromatic rings. The molecule has 5 heteroatoms. The van der Waals surface area contributed by atoms with Gasteiger partial charge < -0.3 is 4.42 Å². The number of carbonyl (C=O) groups is 1. The zero-order valence-electron chi connectivity index (χ0n) is 8.21. The van der Waals surface area contributed by atoms with Gasteiger partial charge in [-0.15, -0.1) is 0 Å². The molecule has 0 unspecified atom stereocenters. The summed E-state index contributed by atoms with van der Waals surface area (Å²) in [6, 6.07) is 6.92. The van der Waals surface area contributed by atoms with Crippen molar-refractivity contribution in [2.24, 2.45) is 5.10 Å². The molecule has 1 heterocycles. The standard InChI is InChI=1S/C11H8N2O3/c14-7-13-12-5-8-6-16-10-4-2-1-3-9(10)11(8)15/h1-7H,(H,13,14)/b12-5-. The Morgan fingerprint density at radius 2 is 2.12 bits per heavy atom. The summed E-state index contributed by atoms with van der Waals surface area (Å²) in [7, 11) is 0. The minimum Gasteiger partial charge on any atom is -0.463 e. The third-order valence-corrected chi connectivity index (χ3v) is 2.04. The van der Waals surface area contributed by atoms with Crippen LogP contribution in [0.1, 0.15) is 5.56 Å². The number of benzene rings is 1. The van der Waals surface area contributed by atoms with Crippen LogP contribution in [0, 0.1) is 0 Å². The molecule has 0 fully saturated rings. The Balaban J connectivity index is 2.52. The van der Waals surface area contributed by atoms with Crippen molar-refractivity contribution in [2.75, 3.05) is 0 Å². The minimum atomic E-state index is -0.182. The van der Waals surface area contributed by atoms with Gasteiger partial charge in [0.15, 0.2) is 0 Å². The molecule has 2 rings (SSSR count). The van der Waals surface area contributed by atoms with Crippen molar-refractivity contribution in [1.82, 2.24) is 5.43 Å². The number of nitrogens with one attached hydrogen (secondary N) is 1. The summed E-state index contributed by atoms with van der Waals surface area (Å²) in [6.07, 6.45) is 2.96. The van der Waals surface area contributed by atoms with Crippen LogP contribution in [-0.2, 0) is 4.79 Å². The average molecular weight is 216 g/mol. The number of amides is 1. The van der Waals surface area contributed by atoms with E-state index in [-0.39, 0.29) is 11.0 Å². The maximum Gasteiger partial charge on any atom is 0.227 e. The lowest BCUT2D eigenvalue weighted by Crippen LogP contribution is -2.10. The molecule has 0 saturated heterocycles. The molecule has 16 heavy (non-hydrogen) atoms. The number of hydrogen-bond donors (Lipinski definition) is 1. The predicted molar refractivity (Wildman–Crippen MR) is 59.3 cm³/mol. The van der Waals surface area contributed by atoms with Crippen LogP contribution in [0.2, 0.25) is 0 Å².